The molecule has 5 rings (SSSR count). The van der Waals surface area contributed by atoms with Crippen molar-refractivity contribution in [3.8, 4) is 11.1 Å². The van der Waals surface area contributed by atoms with Crippen LogP contribution in [0.25, 0.3) is 11.1 Å². The zero-order chi connectivity index (χ0) is 19.3. The van der Waals surface area contributed by atoms with Gasteiger partial charge in [0.25, 0.3) is 0 Å². The Bertz CT molecular complexity index is 1060. The maximum absolute atomic E-state index is 14.5. The first-order valence-corrected chi connectivity index (χ1v) is 10.6. The first kappa shape index (κ1) is 17.7. The van der Waals surface area contributed by atoms with E-state index in [-0.39, 0.29) is 5.92 Å². The van der Waals surface area contributed by atoms with E-state index in [1.54, 1.807) is 11.8 Å². The molecular weight excluding hydrogens is 370 g/mol. The van der Waals surface area contributed by atoms with Gasteiger partial charge < -0.3 is 0 Å². The van der Waals surface area contributed by atoms with Crippen LogP contribution in [0.3, 0.4) is 0 Å². The van der Waals surface area contributed by atoms with Crippen LogP contribution in [0.5, 0.6) is 0 Å². The number of hydrogen-bond acceptors (Lipinski definition) is 1. The molecule has 0 aliphatic heterocycles. The van der Waals surface area contributed by atoms with E-state index < -0.39 is 11.7 Å². The molecule has 0 atom stereocenters. The fraction of sp³-hybridized carbons (Fsp3) is 0.200. The summed E-state index contributed by atoms with van der Waals surface area (Å²) in [6.45, 7) is 2.13. The van der Waals surface area contributed by atoms with Crippen molar-refractivity contribution in [1.82, 2.24) is 0 Å². The lowest BCUT2D eigenvalue weighted by Gasteiger charge is -2.21. The molecule has 0 amide bonds. The van der Waals surface area contributed by atoms with Crippen LogP contribution in [-0.4, -0.2) is 5.75 Å². The third-order valence-electron chi connectivity index (χ3n) is 5.70. The first-order chi connectivity index (χ1) is 13.7. The van der Waals surface area contributed by atoms with Gasteiger partial charge in [-0.15, -0.1) is 11.8 Å². The van der Waals surface area contributed by atoms with Crippen LogP contribution in [0.1, 0.15) is 36.8 Å². The summed E-state index contributed by atoms with van der Waals surface area (Å²) in [5, 5.41) is 0. The van der Waals surface area contributed by atoms with Crippen molar-refractivity contribution in [3.05, 3.63) is 105 Å². The zero-order valence-electron chi connectivity index (χ0n) is 15.6. The fourth-order valence-corrected chi connectivity index (χ4v) is 5.47. The van der Waals surface area contributed by atoms with E-state index in [9.17, 15) is 8.78 Å². The van der Waals surface area contributed by atoms with Crippen LogP contribution in [0.4, 0.5) is 8.78 Å². The Hall–Kier alpha value is -2.39. The van der Waals surface area contributed by atoms with Crippen molar-refractivity contribution in [2.45, 2.75) is 25.7 Å². The molecule has 0 unspecified atom stereocenters. The van der Waals surface area contributed by atoms with Gasteiger partial charge in [-0.1, -0.05) is 55.5 Å². The Labute approximate surface area is 168 Å². The van der Waals surface area contributed by atoms with E-state index in [1.807, 2.05) is 0 Å². The topological polar surface area (TPSA) is 0 Å². The Morgan fingerprint density at radius 1 is 1.00 bits per heavy atom. The fourth-order valence-electron chi connectivity index (χ4n) is 4.57. The van der Waals surface area contributed by atoms with Crippen molar-refractivity contribution in [2.75, 3.05) is 5.75 Å². The standard InChI is InChI=1S/C25H19F2S/c1-2-28-22-14-12-19(20-11-13-21(26)25(20)27)24(22)23-17-9-5-3-7-15(17)16-8-4-6-10-18(16)23/h3-10,13,23H,2,11,14H2,1H3. The van der Waals surface area contributed by atoms with Gasteiger partial charge in [0.1, 0.15) is 0 Å². The smallest absolute Gasteiger partial charge is 0.162 e. The average Bonchev–Trinajstić information content (AvgIpc) is 3.37. The normalized spacial score (nSPS) is 18.5. The molecule has 0 nitrogen and oxygen atoms in total. The van der Waals surface area contributed by atoms with Gasteiger partial charge in [0.15, 0.2) is 11.7 Å². The minimum Gasteiger partial charge on any atom is -0.204 e. The number of rotatable bonds is 4. The highest BCUT2D eigenvalue weighted by atomic mass is 32.2. The van der Waals surface area contributed by atoms with Crippen LogP contribution in [-0.2, 0) is 0 Å². The van der Waals surface area contributed by atoms with Gasteiger partial charge in [-0.25, -0.2) is 8.78 Å². The van der Waals surface area contributed by atoms with E-state index >= 15 is 0 Å². The predicted molar refractivity (Wildman–Crippen MR) is 112 cm³/mol. The molecule has 1 radical (unpaired) electrons. The van der Waals surface area contributed by atoms with Crippen LogP contribution < -0.4 is 0 Å². The maximum atomic E-state index is 14.5. The van der Waals surface area contributed by atoms with E-state index in [1.165, 1.54) is 33.2 Å². The highest BCUT2D eigenvalue weighted by Gasteiger charge is 2.37. The molecule has 0 heterocycles. The zero-order valence-corrected chi connectivity index (χ0v) is 16.4. The highest BCUT2D eigenvalue weighted by molar-refractivity contribution is 8.03. The maximum Gasteiger partial charge on any atom is 0.162 e. The van der Waals surface area contributed by atoms with Crippen molar-refractivity contribution in [2.24, 2.45) is 0 Å². The number of benzene rings is 2. The van der Waals surface area contributed by atoms with Crippen LogP contribution in [0.2, 0.25) is 0 Å². The molecule has 0 N–H and O–H groups in total. The van der Waals surface area contributed by atoms with Crippen LogP contribution in [0, 0.1) is 6.08 Å². The van der Waals surface area contributed by atoms with Crippen molar-refractivity contribution in [3.63, 3.8) is 0 Å². The first-order valence-electron chi connectivity index (χ1n) is 9.61. The molecule has 0 saturated carbocycles. The SMILES string of the molecule is CCSC1=C(C2c3ccccc3-c3ccccc32)C(C2=C(F)C(F)=CC2)=[C]C1. The van der Waals surface area contributed by atoms with Crippen LogP contribution >= 0.6 is 11.8 Å². The second kappa shape index (κ2) is 6.89. The van der Waals surface area contributed by atoms with E-state index in [2.05, 4.69) is 61.5 Å². The average molecular weight is 389 g/mol. The molecule has 2 aromatic rings. The van der Waals surface area contributed by atoms with Gasteiger partial charge in [0.05, 0.1) is 0 Å². The predicted octanol–water partition coefficient (Wildman–Crippen LogP) is 7.42. The summed E-state index contributed by atoms with van der Waals surface area (Å²) in [6.07, 6.45) is 5.69. The molecule has 28 heavy (non-hydrogen) atoms. The molecule has 139 valence electrons. The van der Waals surface area contributed by atoms with Crippen LogP contribution in [0.15, 0.2) is 87.9 Å². The monoisotopic (exact) mass is 389 g/mol. The Balaban J connectivity index is 1.72. The summed E-state index contributed by atoms with van der Waals surface area (Å²) in [5.74, 6) is -0.483. The Morgan fingerprint density at radius 2 is 1.64 bits per heavy atom. The minimum atomic E-state index is -0.743. The van der Waals surface area contributed by atoms with Gasteiger partial charge in [0.2, 0.25) is 0 Å². The quantitative estimate of drug-likeness (QED) is 0.524. The lowest BCUT2D eigenvalue weighted by atomic mass is 9.83. The number of fused-ring (bicyclic) bond motifs is 3. The van der Waals surface area contributed by atoms with Gasteiger partial charge in [-0.2, -0.15) is 0 Å². The van der Waals surface area contributed by atoms with Gasteiger partial charge >= 0.3 is 0 Å². The molecule has 3 aliphatic carbocycles. The summed E-state index contributed by atoms with van der Waals surface area (Å²) >= 11 is 1.79. The molecule has 0 saturated heterocycles. The van der Waals surface area contributed by atoms with E-state index in [0.717, 1.165) is 16.9 Å². The van der Waals surface area contributed by atoms with Gasteiger partial charge in [-0.3, -0.25) is 0 Å². The third-order valence-corrected chi connectivity index (χ3v) is 6.70. The number of hydrogen-bond donors (Lipinski definition) is 0. The third kappa shape index (κ3) is 2.56. The van der Waals surface area contributed by atoms with Gasteiger partial charge in [0, 0.05) is 17.9 Å². The van der Waals surface area contributed by atoms with Crippen molar-refractivity contribution < 1.29 is 8.78 Å². The van der Waals surface area contributed by atoms with E-state index in [4.69, 9.17) is 0 Å². The number of thioether (sulfide) groups is 1. The second-order valence-corrected chi connectivity index (χ2v) is 8.51. The summed E-state index contributed by atoms with van der Waals surface area (Å²) in [6, 6.07) is 16.9. The minimum absolute atomic E-state index is 0.0374. The molecule has 0 fully saturated rings. The van der Waals surface area contributed by atoms with E-state index in [0.29, 0.717) is 18.4 Å². The number of allylic oxidation sites excluding steroid dienone is 8. The molecule has 0 bridgehead atoms. The molecule has 3 heteroatoms. The lowest BCUT2D eigenvalue weighted by Crippen LogP contribution is -2.06. The van der Waals surface area contributed by atoms with Gasteiger partial charge in [-0.05, 0) is 62.6 Å². The second-order valence-electron chi connectivity index (χ2n) is 7.15. The molecular formula is C25H19F2S. The molecule has 3 aliphatic rings. The Kier molecular flexibility index (Phi) is 4.36. The summed E-state index contributed by atoms with van der Waals surface area (Å²) in [4.78, 5) is 1.22. The summed E-state index contributed by atoms with van der Waals surface area (Å²) < 4.78 is 28.4. The Morgan fingerprint density at radius 3 is 2.21 bits per heavy atom. The molecule has 2 aromatic carbocycles. The number of halogens is 2. The van der Waals surface area contributed by atoms with Crippen molar-refractivity contribution >= 4 is 11.8 Å². The lowest BCUT2D eigenvalue weighted by molar-refractivity contribution is 0.547. The summed E-state index contributed by atoms with van der Waals surface area (Å²) in [5.41, 5.74) is 7.26. The van der Waals surface area contributed by atoms with Crippen molar-refractivity contribution in [1.29, 1.82) is 0 Å². The molecule has 0 aromatic heterocycles. The largest absolute Gasteiger partial charge is 0.204 e. The summed E-state index contributed by atoms with van der Waals surface area (Å²) in [7, 11) is 0. The molecule has 0 spiro atoms. The highest BCUT2D eigenvalue weighted by Crippen LogP contribution is 2.55.